The third-order valence-corrected chi connectivity index (χ3v) is 5.06. The lowest BCUT2D eigenvalue weighted by atomic mass is 10.1. The molecule has 160 valence electrons. The summed E-state index contributed by atoms with van der Waals surface area (Å²) >= 11 is 0. The monoisotopic (exact) mass is 384 g/mol. The molecule has 0 heterocycles. The summed E-state index contributed by atoms with van der Waals surface area (Å²) < 4.78 is 18.6. The number of halogens is 1. The van der Waals surface area contributed by atoms with E-state index in [2.05, 4.69) is 13.8 Å². The van der Waals surface area contributed by atoms with Gasteiger partial charge in [0.05, 0.1) is 6.61 Å². The van der Waals surface area contributed by atoms with Crippen molar-refractivity contribution in [2.45, 2.75) is 129 Å². The lowest BCUT2D eigenvalue weighted by Crippen LogP contribution is -2.06. The predicted molar refractivity (Wildman–Crippen MR) is 115 cm³/mol. The van der Waals surface area contributed by atoms with E-state index >= 15 is 0 Å². The van der Waals surface area contributed by atoms with E-state index in [1.807, 2.05) is 0 Å². The summed E-state index contributed by atoms with van der Waals surface area (Å²) in [6.45, 7) is 4.78. The topological polar surface area (TPSA) is 26.3 Å². The average Bonchev–Trinajstić information content (AvgIpc) is 2.67. The largest absolute Gasteiger partial charge is 0.460 e. The SMILES string of the molecule is CCCCCCCCCCCCCC=C(F)C(=O)OCCCCCCCC. The van der Waals surface area contributed by atoms with Crippen molar-refractivity contribution in [3.05, 3.63) is 11.9 Å². The van der Waals surface area contributed by atoms with Gasteiger partial charge >= 0.3 is 5.97 Å². The summed E-state index contributed by atoms with van der Waals surface area (Å²) in [5.74, 6) is -1.50. The van der Waals surface area contributed by atoms with E-state index in [1.54, 1.807) is 0 Å². The first-order valence-corrected chi connectivity index (χ1v) is 11.7. The maximum Gasteiger partial charge on any atom is 0.366 e. The Hall–Kier alpha value is -0.860. The fraction of sp³-hybridized carbons (Fsp3) is 0.875. The van der Waals surface area contributed by atoms with Crippen LogP contribution in [0.4, 0.5) is 4.39 Å². The Bertz CT molecular complexity index is 352. The zero-order valence-corrected chi connectivity index (χ0v) is 18.2. The minimum absolute atomic E-state index is 0.338. The third kappa shape index (κ3) is 19.7. The van der Waals surface area contributed by atoms with Crippen LogP contribution in [0.15, 0.2) is 11.9 Å². The number of carbonyl (C=O) groups is 1. The van der Waals surface area contributed by atoms with Crippen molar-refractivity contribution in [2.75, 3.05) is 6.61 Å². The number of hydrogen-bond acceptors (Lipinski definition) is 2. The molecule has 0 radical (unpaired) electrons. The molecule has 0 aliphatic heterocycles. The zero-order chi connectivity index (χ0) is 20.0. The first kappa shape index (κ1) is 26.1. The van der Waals surface area contributed by atoms with E-state index < -0.39 is 11.8 Å². The van der Waals surface area contributed by atoms with Crippen molar-refractivity contribution >= 4 is 5.97 Å². The van der Waals surface area contributed by atoms with Gasteiger partial charge < -0.3 is 4.74 Å². The number of unbranched alkanes of at least 4 members (excludes halogenated alkanes) is 16. The summed E-state index contributed by atoms with van der Waals surface area (Å²) in [4.78, 5) is 11.5. The predicted octanol–water partition coefficient (Wildman–Crippen LogP) is 8.44. The van der Waals surface area contributed by atoms with Gasteiger partial charge in [-0.2, -0.15) is 4.39 Å². The van der Waals surface area contributed by atoms with Gasteiger partial charge in [0.25, 0.3) is 0 Å². The first-order valence-electron chi connectivity index (χ1n) is 11.7. The summed E-state index contributed by atoms with van der Waals surface area (Å²) in [5, 5.41) is 0. The van der Waals surface area contributed by atoms with Crippen LogP contribution in [0.1, 0.15) is 129 Å². The van der Waals surface area contributed by atoms with Gasteiger partial charge in [-0.15, -0.1) is 0 Å². The van der Waals surface area contributed by atoms with Crippen LogP contribution in [-0.2, 0) is 9.53 Å². The molecule has 0 aromatic carbocycles. The van der Waals surface area contributed by atoms with Crippen molar-refractivity contribution in [3.8, 4) is 0 Å². The van der Waals surface area contributed by atoms with Crippen molar-refractivity contribution in [1.29, 1.82) is 0 Å². The van der Waals surface area contributed by atoms with Crippen LogP contribution < -0.4 is 0 Å². The van der Waals surface area contributed by atoms with Crippen LogP contribution >= 0.6 is 0 Å². The molecule has 0 aromatic heterocycles. The number of carbonyl (C=O) groups excluding carboxylic acids is 1. The molecule has 0 fully saturated rings. The van der Waals surface area contributed by atoms with Gasteiger partial charge in [-0.05, 0) is 25.3 Å². The van der Waals surface area contributed by atoms with Gasteiger partial charge in [0, 0.05) is 0 Å². The van der Waals surface area contributed by atoms with Gasteiger partial charge in [-0.1, -0.05) is 110 Å². The molecule has 27 heavy (non-hydrogen) atoms. The number of allylic oxidation sites excluding steroid dienone is 1. The molecule has 0 rings (SSSR count). The van der Waals surface area contributed by atoms with E-state index in [-0.39, 0.29) is 0 Å². The number of ether oxygens (including phenoxy) is 1. The molecule has 0 aromatic rings. The second-order valence-corrected chi connectivity index (χ2v) is 7.78. The zero-order valence-electron chi connectivity index (χ0n) is 18.2. The molecule has 0 N–H and O–H groups in total. The van der Waals surface area contributed by atoms with E-state index in [4.69, 9.17) is 4.74 Å². The lowest BCUT2D eigenvalue weighted by Gasteiger charge is -2.04. The fourth-order valence-electron chi connectivity index (χ4n) is 3.24. The maximum absolute atomic E-state index is 13.7. The summed E-state index contributed by atoms with van der Waals surface area (Å²) in [7, 11) is 0. The summed E-state index contributed by atoms with van der Waals surface area (Å²) in [6, 6.07) is 0. The second-order valence-electron chi connectivity index (χ2n) is 7.78. The molecule has 0 saturated heterocycles. The number of hydrogen-bond donors (Lipinski definition) is 0. The smallest absolute Gasteiger partial charge is 0.366 e. The highest BCUT2D eigenvalue weighted by Gasteiger charge is 2.09. The van der Waals surface area contributed by atoms with E-state index in [0.717, 1.165) is 25.7 Å². The Morgan fingerprint density at radius 1 is 0.667 bits per heavy atom. The molecule has 0 spiro atoms. The Morgan fingerprint density at radius 3 is 1.56 bits per heavy atom. The Kier molecular flexibility index (Phi) is 20.8. The standard InChI is InChI=1S/C24H45FO2/c1-3-5-7-9-11-12-13-14-15-16-17-19-21-23(25)24(26)27-22-20-18-10-8-6-4-2/h21H,3-20,22H2,1-2H3. The van der Waals surface area contributed by atoms with Gasteiger partial charge in [0.1, 0.15) is 0 Å². The van der Waals surface area contributed by atoms with Crippen molar-refractivity contribution < 1.29 is 13.9 Å². The third-order valence-electron chi connectivity index (χ3n) is 5.06. The Labute approximate surface area is 168 Å². The fourth-order valence-corrected chi connectivity index (χ4v) is 3.24. The molecule has 0 saturated carbocycles. The van der Waals surface area contributed by atoms with Crippen molar-refractivity contribution in [3.63, 3.8) is 0 Å². The van der Waals surface area contributed by atoms with Crippen LogP contribution in [0.5, 0.6) is 0 Å². The molecule has 0 aliphatic rings. The molecule has 0 amide bonds. The van der Waals surface area contributed by atoms with E-state index in [0.29, 0.717) is 13.0 Å². The quantitative estimate of drug-likeness (QED) is 0.119. The maximum atomic E-state index is 13.7. The minimum Gasteiger partial charge on any atom is -0.460 e. The second kappa shape index (κ2) is 21.4. The van der Waals surface area contributed by atoms with Crippen LogP contribution in [0.2, 0.25) is 0 Å². The summed E-state index contributed by atoms with van der Waals surface area (Å²) in [6.07, 6.45) is 22.9. The van der Waals surface area contributed by atoms with Crippen LogP contribution in [-0.4, -0.2) is 12.6 Å². The van der Waals surface area contributed by atoms with Crippen LogP contribution in [0, 0.1) is 0 Å². The van der Waals surface area contributed by atoms with Crippen molar-refractivity contribution in [2.24, 2.45) is 0 Å². The minimum atomic E-state index is -0.786. The normalized spacial score (nSPS) is 11.7. The highest BCUT2D eigenvalue weighted by atomic mass is 19.1. The van der Waals surface area contributed by atoms with Crippen LogP contribution in [0.25, 0.3) is 0 Å². The molecule has 0 unspecified atom stereocenters. The van der Waals surface area contributed by atoms with Gasteiger partial charge in [-0.3, -0.25) is 0 Å². The lowest BCUT2D eigenvalue weighted by molar-refractivity contribution is -0.140. The molecular formula is C24H45FO2. The van der Waals surface area contributed by atoms with Crippen LogP contribution in [0.3, 0.4) is 0 Å². The first-order chi connectivity index (χ1) is 13.2. The van der Waals surface area contributed by atoms with Crippen molar-refractivity contribution in [1.82, 2.24) is 0 Å². The summed E-state index contributed by atoms with van der Waals surface area (Å²) in [5.41, 5.74) is 0. The molecule has 0 aliphatic carbocycles. The Balaban J connectivity index is 3.42. The van der Waals surface area contributed by atoms with E-state index in [9.17, 15) is 9.18 Å². The molecule has 2 nitrogen and oxygen atoms in total. The highest BCUT2D eigenvalue weighted by Crippen LogP contribution is 2.13. The molecule has 0 bridgehead atoms. The van der Waals surface area contributed by atoms with E-state index in [1.165, 1.54) is 89.5 Å². The molecule has 0 atom stereocenters. The van der Waals surface area contributed by atoms with Gasteiger partial charge in [0.2, 0.25) is 5.83 Å². The molecule has 3 heteroatoms. The molecular weight excluding hydrogens is 339 g/mol. The number of rotatable bonds is 20. The Morgan fingerprint density at radius 2 is 1.07 bits per heavy atom. The van der Waals surface area contributed by atoms with Gasteiger partial charge in [-0.25, -0.2) is 4.79 Å². The number of esters is 1. The van der Waals surface area contributed by atoms with Gasteiger partial charge in [0.15, 0.2) is 0 Å². The average molecular weight is 385 g/mol. The highest BCUT2D eigenvalue weighted by molar-refractivity contribution is 5.85.